The van der Waals surface area contributed by atoms with Crippen molar-refractivity contribution in [3.63, 3.8) is 0 Å². The van der Waals surface area contributed by atoms with E-state index in [4.69, 9.17) is 5.26 Å². The van der Waals surface area contributed by atoms with Crippen LogP contribution in [-0.2, 0) is 15.4 Å². The normalized spacial score (nSPS) is 11.8. The van der Waals surface area contributed by atoms with Crippen molar-refractivity contribution in [3.05, 3.63) is 47.7 Å². The molecule has 1 aromatic carbocycles. The van der Waals surface area contributed by atoms with Crippen LogP contribution in [0.15, 0.2) is 41.4 Å². The van der Waals surface area contributed by atoms with E-state index in [9.17, 15) is 13.2 Å². The molecule has 0 saturated heterocycles. The minimum Gasteiger partial charge on any atom is -0.328 e. The van der Waals surface area contributed by atoms with Crippen molar-refractivity contribution in [1.29, 1.82) is 5.26 Å². The van der Waals surface area contributed by atoms with Crippen LogP contribution in [-0.4, -0.2) is 25.1 Å². The van der Waals surface area contributed by atoms with Crippen molar-refractivity contribution in [2.45, 2.75) is 31.2 Å². The van der Waals surface area contributed by atoms with Crippen LogP contribution in [0.3, 0.4) is 0 Å². The van der Waals surface area contributed by atoms with Gasteiger partial charge in [-0.25, -0.2) is 8.42 Å². The first-order chi connectivity index (χ1) is 11.0. The predicted molar refractivity (Wildman–Crippen MR) is 91.6 cm³/mol. The molecule has 1 amide bonds. The van der Waals surface area contributed by atoms with Crippen molar-refractivity contribution in [1.82, 2.24) is 4.57 Å². The molecule has 0 saturated carbocycles. The van der Waals surface area contributed by atoms with Crippen molar-refractivity contribution < 1.29 is 13.2 Å². The van der Waals surface area contributed by atoms with Crippen LogP contribution in [0.2, 0.25) is 0 Å². The summed E-state index contributed by atoms with van der Waals surface area (Å²) in [5.41, 5.74) is 0.343. The van der Waals surface area contributed by atoms with Crippen LogP contribution in [0.5, 0.6) is 0 Å². The van der Waals surface area contributed by atoms with Crippen LogP contribution in [0, 0.1) is 11.3 Å². The highest BCUT2D eigenvalue weighted by atomic mass is 32.2. The molecule has 1 N–H and O–H groups in total. The Balaban J connectivity index is 2.38. The molecule has 0 spiro atoms. The molecule has 1 aromatic heterocycles. The van der Waals surface area contributed by atoms with Gasteiger partial charge >= 0.3 is 0 Å². The summed E-state index contributed by atoms with van der Waals surface area (Å²) in [7, 11) is -3.39. The standard InChI is InChI=1S/C17H19N3O3S/c1-17(2,3)20-11-12(10-18)8-15(20)19-16(21)13-6-5-7-14(9-13)24(4,22)23/h5-9,11H,1-4H3,(H,19,21). The molecule has 7 heteroatoms. The van der Waals surface area contributed by atoms with Crippen molar-refractivity contribution in [2.24, 2.45) is 0 Å². The minimum atomic E-state index is -3.39. The van der Waals surface area contributed by atoms with E-state index in [0.717, 1.165) is 6.26 Å². The fourth-order valence-electron chi connectivity index (χ4n) is 2.23. The second-order valence-electron chi connectivity index (χ2n) is 6.52. The number of hydrogen-bond acceptors (Lipinski definition) is 4. The Morgan fingerprint density at radius 1 is 1.25 bits per heavy atom. The van der Waals surface area contributed by atoms with Gasteiger partial charge in [0, 0.05) is 23.6 Å². The van der Waals surface area contributed by atoms with Crippen molar-refractivity contribution >= 4 is 21.6 Å². The lowest BCUT2D eigenvalue weighted by Gasteiger charge is -2.24. The number of rotatable bonds is 3. The van der Waals surface area contributed by atoms with Crippen LogP contribution in [0.25, 0.3) is 0 Å². The van der Waals surface area contributed by atoms with Gasteiger partial charge in [-0.15, -0.1) is 0 Å². The average Bonchev–Trinajstić information content (AvgIpc) is 2.89. The number of sulfone groups is 1. The zero-order chi connectivity index (χ0) is 18.1. The van der Waals surface area contributed by atoms with E-state index in [1.807, 2.05) is 20.8 Å². The Hall–Kier alpha value is -2.59. The number of nitrogens with one attached hydrogen (secondary N) is 1. The van der Waals surface area contributed by atoms with E-state index in [0.29, 0.717) is 11.4 Å². The number of nitrogens with zero attached hydrogens (tertiary/aromatic N) is 2. The van der Waals surface area contributed by atoms with Crippen LogP contribution >= 0.6 is 0 Å². The third kappa shape index (κ3) is 3.84. The SMILES string of the molecule is CC(C)(C)n1cc(C#N)cc1NC(=O)c1cccc(S(C)(=O)=O)c1. The number of carbonyl (C=O) groups excluding carboxylic acids is 1. The quantitative estimate of drug-likeness (QED) is 0.926. The molecule has 0 aliphatic heterocycles. The van der Waals surface area contributed by atoms with Gasteiger partial charge in [0.05, 0.1) is 10.5 Å². The molecule has 6 nitrogen and oxygen atoms in total. The van der Waals surface area contributed by atoms with E-state index in [2.05, 4.69) is 11.4 Å². The van der Waals surface area contributed by atoms with Gasteiger partial charge in [0.1, 0.15) is 11.9 Å². The zero-order valence-corrected chi connectivity index (χ0v) is 14.8. The predicted octanol–water partition coefficient (Wildman–Crippen LogP) is 2.77. The van der Waals surface area contributed by atoms with E-state index in [1.54, 1.807) is 22.9 Å². The van der Waals surface area contributed by atoms with Gasteiger partial charge < -0.3 is 9.88 Å². The largest absolute Gasteiger partial charge is 0.328 e. The van der Waals surface area contributed by atoms with Gasteiger partial charge in [0.25, 0.3) is 5.91 Å². The van der Waals surface area contributed by atoms with E-state index in [-0.39, 0.29) is 16.0 Å². The monoisotopic (exact) mass is 345 g/mol. The van der Waals surface area contributed by atoms with Gasteiger partial charge in [-0.2, -0.15) is 5.26 Å². The first-order valence-electron chi connectivity index (χ1n) is 7.27. The second kappa shape index (κ2) is 6.13. The molecule has 2 aromatic rings. The van der Waals surface area contributed by atoms with Crippen LogP contribution in [0.1, 0.15) is 36.7 Å². The Kier molecular flexibility index (Phi) is 4.54. The number of benzene rings is 1. The highest BCUT2D eigenvalue weighted by Crippen LogP contribution is 2.24. The Morgan fingerprint density at radius 2 is 1.92 bits per heavy atom. The number of amides is 1. The molecule has 2 rings (SSSR count). The molecule has 126 valence electrons. The summed E-state index contributed by atoms with van der Waals surface area (Å²) in [6, 6.07) is 9.48. The first-order valence-corrected chi connectivity index (χ1v) is 9.16. The highest BCUT2D eigenvalue weighted by molar-refractivity contribution is 7.90. The maximum atomic E-state index is 12.5. The van der Waals surface area contributed by atoms with Gasteiger partial charge in [0.2, 0.25) is 0 Å². The number of anilines is 1. The smallest absolute Gasteiger partial charge is 0.256 e. The summed E-state index contributed by atoms with van der Waals surface area (Å²) in [6.45, 7) is 5.86. The summed E-state index contributed by atoms with van der Waals surface area (Å²) in [5, 5.41) is 11.8. The van der Waals surface area contributed by atoms with Crippen LogP contribution < -0.4 is 5.32 Å². The lowest BCUT2D eigenvalue weighted by molar-refractivity contribution is 0.102. The Morgan fingerprint density at radius 3 is 2.46 bits per heavy atom. The van der Waals surface area contributed by atoms with Gasteiger partial charge in [-0.05, 0) is 45.0 Å². The van der Waals surface area contributed by atoms with Crippen molar-refractivity contribution in [2.75, 3.05) is 11.6 Å². The maximum Gasteiger partial charge on any atom is 0.256 e. The molecule has 0 atom stereocenters. The molecule has 24 heavy (non-hydrogen) atoms. The summed E-state index contributed by atoms with van der Waals surface area (Å²) < 4.78 is 25.0. The van der Waals surface area contributed by atoms with Gasteiger partial charge in [0.15, 0.2) is 9.84 Å². The molecule has 0 aliphatic carbocycles. The summed E-state index contributed by atoms with van der Waals surface area (Å²) in [6.07, 6.45) is 2.76. The van der Waals surface area contributed by atoms with Crippen molar-refractivity contribution in [3.8, 4) is 6.07 Å². The summed E-state index contributed by atoms with van der Waals surface area (Å²) >= 11 is 0. The first kappa shape index (κ1) is 17.8. The highest BCUT2D eigenvalue weighted by Gasteiger charge is 2.20. The Labute approximate surface area is 141 Å². The lowest BCUT2D eigenvalue weighted by atomic mass is 10.1. The number of carbonyl (C=O) groups is 1. The summed E-state index contributed by atoms with van der Waals surface area (Å²) in [5.74, 6) is 0.0439. The second-order valence-corrected chi connectivity index (χ2v) is 8.54. The minimum absolute atomic E-state index is 0.0825. The fraction of sp³-hybridized carbons (Fsp3) is 0.294. The average molecular weight is 345 g/mol. The molecule has 1 heterocycles. The molecule has 0 bridgehead atoms. The van der Waals surface area contributed by atoms with E-state index < -0.39 is 15.7 Å². The zero-order valence-electron chi connectivity index (χ0n) is 14.0. The molecule has 0 radical (unpaired) electrons. The van der Waals surface area contributed by atoms with Gasteiger partial charge in [-0.1, -0.05) is 6.07 Å². The third-order valence-electron chi connectivity index (χ3n) is 3.44. The Bertz CT molecular complexity index is 929. The number of hydrogen-bond donors (Lipinski definition) is 1. The molecular formula is C17H19N3O3S. The van der Waals surface area contributed by atoms with Crippen LogP contribution in [0.4, 0.5) is 5.82 Å². The molecule has 0 fully saturated rings. The molecule has 0 aliphatic rings. The maximum absolute atomic E-state index is 12.5. The molecular weight excluding hydrogens is 326 g/mol. The third-order valence-corrected chi connectivity index (χ3v) is 4.55. The van der Waals surface area contributed by atoms with E-state index >= 15 is 0 Å². The number of aromatic nitrogens is 1. The lowest BCUT2D eigenvalue weighted by Crippen LogP contribution is -2.25. The van der Waals surface area contributed by atoms with E-state index in [1.165, 1.54) is 18.2 Å². The molecule has 0 unspecified atom stereocenters. The van der Waals surface area contributed by atoms with Gasteiger partial charge in [-0.3, -0.25) is 4.79 Å². The number of nitriles is 1. The topological polar surface area (TPSA) is 92.0 Å². The summed E-state index contributed by atoms with van der Waals surface area (Å²) in [4.78, 5) is 12.6. The fourth-order valence-corrected chi connectivity index (χ4v) is 2.90.